The number of benzene rings is 1. The Hall–Kier alpha value is -2.13. The largest absolute Gasteiger partial charge is 0.420 e. The summed E-state index contributed by atoms with van der Waals surface area (Å²) in [6, 6.07) is 4.83. The van der Waals surface area contributed by atoms with Gasteiger partial charge in [-0.2, -0.15) is 4.31 Å². The highest BCUT2D eigenvalue weighted by molar-refractivity contribution is 7.89. The third-order valence-electron chi connectivity index (χ3n) is 7.01. The van der Waals surface area contributed by atoms with Gasteiger partial charge in [0.25, 0.3) is 0 Å². The van der Waals surface area contributed by atoms with E-state index in [1.54, 1.807) is 6.07 Å². The second-order valence-electron chi connectivity index (χ2n) is 9.77. The molecule has 182 valence electrons. The normalized spacial score (nSPS) is 19.7. The van der Waals surface area contributed by atoms with Crippen LogP contribution in [0.3, 0.4) is 0 Å². The van der Waals surface area contributed by atoms with E-state index in [0.29, 0.717) is 43.9 Å². The second kappa shape index (κ2) is 10.0. The number of hydrogen-bond acceptors (Lipinski definition) is 5. The van der Waals surface area contributed by atoms with Gasteiger partial charge >= 0.3 is 5.76 Å². The van der Waals surface area contributed by atoms with Gasteiger partial charge in [0.1, 0.15) is 0 Å². The number of carbonyl (C=O) groups excluding carboxylic acids is 1. The first-order chi connectivity index (χ1) is 15.8. The molecule has 0 spiro atoms. The van der Waals surface area contributed by atoms with Crippen LogP contribution < -0.4 is 11.1 Å². The summed E-state index contributed by atoms with van der Waals surface area (Å²) in [7, 11) is -3.69. The molecular weight excluding hydrogens is 442 g/mol. The number of rotatable bonds is 6. The first-order valence-electron chi connectivity index (χ1n) is 12.2. The van der Waals surface area contributed by atoms with E-state index in [1.165, 1.54) is 46.7 Å². The smallest absolute Gasteiger partial charge is 0.408 e. The van der Waals surface area contributed by atoms with Crippen LogP contribution in [0, 0.1) is 5.92 Å². The van der Waals surface area contributed by atoms with Crippen molar-refractivity contribution in [2.75, 3.05) is 13.1 Å². The molecule has 0 radical (unpaired) electrons. The summed E-state index contributed by atoms with van der Waals surface area (Å²) < 4.78 is 34.7. The number of carbonyl (C=O) groups is 1. The molecule has 8 nitrogen and oxygen atoms in total. The summed E-state index contributed by atoms with van der Waals surface area (Å²) in [6.07, 6.45) is 8.78. The van der Waals surface area contributed by atoms with Gasteiger partial charge in [-0.05, 0) is 57.6 Å². The van der Waals surface area contributed by atoms with Crippen molar-refractivity contribution in [3.8, 4) is 0 Å². The molecule has 0 bridgehead atoms. The molecule has 1 aromatic heterocycles. The molecule has 33 heavy (non-hydrogen) atoms. The topological polar surface area (TPSA) is 102 Å². The van der Waals surface area contributed by atoms with E-state index in [2.05, 4.69) is 5.32 Å². The molecule has 1 aromatic carbocycles. The molecule has 2 aliphatic rings. The van der Waals surface area contributed by atoms with Gasteiger partial charge in [0, 0.05) is 37.7 Å². The Labute approximate surface area is 195 Å². The fourth-order valence-corrected chi connectivity index (χ4v) is 6.63. The van der Waals surface area contributed by atoms with E-state index < -0.39 is 15.8 Å². The molecule has 2 fully saturated rings. The van der Waals surface area contributed by atoms with Crippen molar-refractivity contribution in [2.24, 2.45) is 5.92 Å². The number of fused-ring (bicyclic) bond motifs is 1. The first-order valence-corrected chi connectivity index (χ1v) is 13.6. The van der Waals surface area contributed by atoms with Crippen molar-refractivity contribution >= 4 is 27.0 Å². The number of hydrogen-bond donors (Lipinski definition) is 1. The summed E-state index contributed by atoms with van der Waals surface area (Å²) in [6.45, 7) is 4.53. The van der Waals surface area contributed by atoms with E-state index in [9.17, 15) is 18.0 Å². The van der Waals surface area contributed by atoms with E-state index >= 15 is 0 Å². The van der Waals surface area contributed by atoms with Crippen LogP contribution in [-0.4, -0.2) is 42.3 Å². The highest BCUT2D eigenvalue weighted by Crippen LogP contribution is 2.28. The van der Waals surface area contributed by atoms with Crippen molar-refractivity contribution in [1.82, 2.24) is 14.2 Å². The molecule has 2 heterocycles. The van der Waals surface area contributed by atoms with Crippen LogP contribution >= 0.6 is 0 Å². The lowest BCUT2D eigenvalue weighted by atomic mass is 9.94. The molecule has 1 amide bonds. The molecule has 4 rings (SSSR count). The Bertz CT molecular complexity index is 1130. The van der Waals surface area contributed by atoms with Gasteiger partial charge in [-0.25, -0.2) is 13.2 Å². The third-order valence-corrected chi connectivity index (χ3v) is 8.90. The van der Waals surface area contributed by atoms with Gasteiger partial charge < -0.3 is 9.73 Å². The van der Waals surface area contributed by atoms with Crippen LogP contribution in [0.4, 0.5) is 0 Å². The number of piperidine rings is 1. The Morgan fingerprint density at radius 2 is 1.76 bits per heavy atom. The van der Waals surface area contributed by atoms with Crippen LogP contribution in [0.25, 0.3) is 11.1 Å². The first kappa shape index (κ1) is 24.0. The second-order valence-corrected chi connectivity index (χ2v) is 11.7. The van der Waals surface area contributed by atoms with Crippen LogP contribution in [-0.2, 0) is 14.8 Å². The average molecular weight is 478 g/mol. The number of nitrogens with one attached hydrogen (secondary N) is 1. The van der Waals surface area contributed by atoms with Gasteiger partial charge in [0.2, 0.25) is 15.9 Å². The molecule has 2 aromatic rings. The van der Waals surface area contributed by atoms with E-state index in [-0.39, 0.29) is 28.3 Å². The van der Waals surface area contributed by atoms with Gasteiger partial charge in [0.05, 0.1) is 10.4 Å². The van der Waals surface area contributed by atoms with Crippen LogP contribution in [0.2, 0.25) is 0 Å². The fourth-order valence-electron chi connectivity index (χ4n) is 5.14. The lowest BCUT2D eigenvalue weighted by Crippen LogP contribution is -2.40. The van der Waals surface area contributed by atoms with Crippen molar-refractivity contribution in [2.45, 2.75) is 88.6 Å². The maximum Gasteiger partial charge on any atom is 0.420 e. The van der Waals surface area contributed by atoms with Crippen LogP contribution in [0.5, 0.6) is 0 Å². The molecule has 9 heteroatoms. The highest BCUT2D eigenvalue weighted by Gasteiger charge is 2.31. The molecular formula is C24H35N3O5S. The van der Waals surface area contributed by atoms with Crippen LogP contribution in [0.15, 0.2) is 32.3 Å². The standard InChI is InChI=1S/C24H35N3O5S/c1-17(2)27-21-10-9-20(16-22(21)32-24(27)29)33(30,31)26-13-11-18(12-14-26)15-23(28)25-19-7-5-3-4-6-8-19/h9-10,16-19H,3-8,11-15H2,1-2H3,(H,25,28). The number of amides is 1. The zero-order chi connectivity index (χ0) is 23.6. The molecule has 0 atom stereocenters. The summed E-state index contributed by atoms with van der Waals surface area (Å²) in [5.74, 6) is -0.196. The summed E-state index contributed by atoms with van der Waals surface area (Å²) in [4.78, 5) is 24.8. The zero-order valence-corrected chi connectivity index (χ0v) is 20.4. The lowest BCUT2D eigenvalue weighted by Gasteiger charge is -2.31. The summed E-state index contributed by atoms with van der Waals surface area (Å²) in [5.41, 5.74) is 0.868. The van der Waals surface area contributed by atoms with Gasteiger partial charge in [0.15, 0.2) is 5.58 Å². The summed E-state index contributed by atoms with van der Waals surface area (Å²) >= 11 is 0. The van der Waals surface area contributed by atoms with Crippen molar-refractivity contribution in [1.29, 1.82) is 0 Å². The van der Waals surface area contributed by atoms with Crippen molar-refractivity contribution in [3.05, 3.63) is 28.7 Å². The predicted octanol–water partition coefficient (Wildman–Crippen LogP) is 3.81. The number of aromatic nitrogens is 1. The Morgan fingerprint density at radius 1 is 1.09 bits per heavy atom. The van der Waals surface area contributed by atoms with Crippen molar-refractivity contribution < 1.29 is 17.6 Å². The maximum absolute atomic E-state index is 13.2. The minimum atomic E-state index is -3.69. The van der Waals surface area contributed by atoms with E-state index in [1.807, 2.05) is 13.8 Å². The Kier molecular flexibility index (Phi) is 7.28. The number of oxazole rings is 1. The van der Waals surface area contributed by atoms with Gasteiger partial charge in [-0.15, -0.1) is 0 Å². The average Bonchev–Trinajstić information content (AvgIpc) is 2.91. The third kappa shape index (κ3) is 5.35. The number of nitrogens with zero attached hydrogens (tertiary/aromatic N) is 2. The summed E-state index contributed by atoms with van der Waals surface area (Å²) in [5, 5.41) is 3.20. The fraction of sp³-hybridized carbons (Fsp3) is 0.667. The molecule has 1 N–H and O–H groups in total. The molecule has 0 unspecified atom stereocenters. The van der Waals surface area contributed by atoms with E-state index in [0.717, 1.165) is 12.8 Å². The molecule has 1 saturated heterocycles. The molecule has 1 saturated carbocycles. The van der Waals surface area contributed by atoms with Crippen molar-refractivity contribution in [3.63, 3.8) is 0 Å². The lowest BCUT2D eigenvalue weighted by molar-refractivity contribution is -0.123. The predicted molar refractivity (Wildman–Crippen MR) is 127 cm³/mol. The molecule has 1 aliphatic carbocycles. The maximum atomic E-state index is 13.2. The number of sulfonamides is 1. The molecule has 1 aliphatic heterocycles. The SMILES string of the molecule is CC(C)n1c(=O)oc2cc(S(=O)(=O)N3CCC(CC(=O)NC4CCCCCC4)CC3)ccc21. The van der Waals surface area contributed by atoms with E-state index in [4.69, 9.17) is 4.42 Å². The Balaban J connectivity index is 1.36. The zero-order valence-electron chi connectivity index (χ0n) is 19.6. The van der Waals surface area contributed by atoms with Gasteiger partial charge in [-0.1, -0.05) is 25.7 Å². The minimum absolute atomic E-state index is 0.0833. The van der Waals surface area contributed by atoms with Gasteiger partial charge in [-0.3, -0.25) is 9.36 Å². The quantitative estimate of drug-likeness (QED) is 0.638. The Morgan fingerprint density at radius 3 is 2.39 bits per heavy atom. The minimum Gasteiger partial charge on any atom is -0.408 e. The monoisotopic (exact) mass is 477 g/mol. The van der Waals surface area contributed by atoms with Crippen LogP contribution in [0.1, 0.15) is 77.7 Å². The highest BCUT2D eigenvalue weighted by atomic mass is 32.2.